The van der Waals surface area contributed by atoms with E-state index in [0.717, 1.165) is 19.3 Å². The second kappa shape index (κ2) is 2.26. The number of carbonyl (C=O) groups excluding carboxylic acids is 1. The first-order chi connectivity index (χ1) is 4.57. The monoisotopic (exact) mass is 141 g/mol. The first kappa shape index (κ1) is 7.58. The Kier molecular flexibility index (Phi) is 1.71. The molecule has 0 aromatic heterocycles. The number of rotatable bonds is 1. The summed E-state index contributed by atoms with van der Waals surface area (Å²) in [5, 5.41) is 0. The number of carbonyl (C=O) groups is 1. The Morgan fingerprint density at radius 1 is 1.70 bits per heavy atom. The van der Waals surface area contributed by atoms with E-state index in [-0.39, 0.29) is 11.3 Å². The largest absolute Gasteiger partial charge is 0.369 e. The van der Waals surface area contributed by atoms with Gasteiger partial charge in [-0.15, -0.1) is 0 Å². The van der Waals surface area contributed by atoms with E-state index in [1.807, 2.05) is 6.92 Å². The van der Waals surface area contributed by atoms with Crippen LogP contribution in [-0.2, 0) is 4.79 Å². The Hall–Kier alpha value is -0.530. The third kappa shape index (κ3) is 0.917. The van der Waals surface area contributed by atoms with Crippen LogP contribution >= 0.6 is 0 Å². The Morgan fingerprint density at radius 2 is 2.30 bits per heavy atom. The summed E-state index contributed by atoms with van der Waals surface area (Å²) in [6, 6.07) is 0. The van der Waals surface area contributed by atoms with Crippen LogP contribution in [0.4, 0.5) is 0 Å². The van der Waals surface area contributed by atoms with E-state index in [0.29, 0.717) is 5.92 Å². The van der Waals surface area contributed by atoms with Gasteiger partial charge in [0.1, 0.15) is 0 Å². The summed E-state index contributed by atoms with van der Waals surface area (Å²) >= 11 is 0. The summed E-state index contributed by atoms with van der Waals surface area (Å²) in [7, 11) is 0. The Morgan fingerprint density at radius 3 is 2.50 bits per heavy atom. The minimum atomic E-state index is -0.208. The molecule has 0 saturated heterocycles. The zero-order valence-corrected chi connectivity index (χ0v) is 6.68. The van der Waals surface area contributed by atoms with E-state index < -0.39 is 0 Å². The summed E-state index contributed by atoms with van der Waals surface area (Å²) in [4.78, 5) is 11.0. The highest BCUT2D eigenvalue weighted by Gasteiger charge is 2.40. The molecular formula is C8H15NO. The molecule has 2 N–H and O–H groups in total. The molecule has 0 unspecified atom stereocenters. The molecule has 1 aliphatic carbocycles. The fraction of sp³-hybridized carbons (Fsp3) is 0.875. The lowest BCUT2D eigenvalue weighted by Crippen LogP contribution is -2.36. The van der Waals surface area contributed by atoms with Gasteiger partial charge in [-0.25, -0.2) is 0 Å². The number of nitrogens with two attached hydrogens (primary N) is 1. The van der Waals surface area contributed by atoms with Crippen molar-refractivity contribution in [3.8, 4) is 0 Å². The number of amides is 1. The van der Waals surface area contributed by atoms with Crippen molar-refractivity contribution in [2.75, 3.05) is 0 Å². The van der Waals surface area contributed by atoms with Crippen molar-refractivity contribution < 1.29 is 4.79 Å². The summed E-state index contributed by atoms with van der Waals surface area (Å²) < 4.78 is 0. The topological polar surface area (TPSA) is 43.1 Å². The summed E-state index contributed by atoms with van der Waals surface area (Å²) in [6.45, 7) is 4.09. The molecular weight excluding hydrogens is 126 g/mol. The molecule has 1 amide bonds. The fourth-order valence-corrected chi connectivity index (χ4v) is 1.71. The normalized spacial score (nSPS) is 40.0. The molecule has 0 radical (unpaired) electrons. The number of hydrogen-bond donors (Lipinski definition) is 1. The number of hydrogen-bond acceptors (Lipinski definition) is 1. The second-order valence-corrected chi connectivity index (χ2v) is 3.57. The van der Waals surface area contributed by atoms with Gasteiger partial charge in [0.15, 0.2) is 0 Å². The maximum atomic E-state index is 11.0. The van der Waals surface area contributed by atoms with Gasteiger partial charge in [0, 0.05) is 5.41 Å². The van der Waals surface area contributed by atoms with Gasteiger partial charge in [-0.1, -0.05) is 20.3 Å². The summed E-state index contributed by atoms with van der Waals surface area (Å²) in [5.74, 6) is 0.350. The van der Waals surface area contributed by atoms with Crippen LogP contribution in [-0.4, -0.2) is 5.91 Å². The van der Waals surface area contributed by atoms with Crippen molar-refractivity contribution in [2.45, 2.75) is 33.1 Å². The van der Waals surface area contributed by atoms with Gasteiger partial charge in [-0.3, -0.25) is 4.79 Å². The average molecular weight is 141 g/mol. The maximum Gasteiger partial charge on any atom is 0.223 e. The molecule has 1 fully saturated rings. The van der Waals surface area contributed by atoms with E-state index in [1.165, 1.54) is 0 Å². The summed E-state index contributed by atoms with van der Waals surface area (Å²) in [6.07, 6.45) is 3.28. The second-order valence-electron chi connectivity index (χ2n) is 3.57. The lowest BCUT2D eigenvalue weighted by atomic mass is 9.80. The van der Waals surface area contributed by atoms with Crippen LogP contribution in [0, 0.1) is 11.3 Å². The van der Waals surface area contributed by atoms with Crippen LogP contribution in [0.15, 0.2) is 0 Å². The van der Waals surface area contributed by atoms with Crippen LogP contribution < -0.4 is 5.73 Å². The van der Waals surface area contributed by atoms with Crippen LogP contribution in [0.3, 0.4) is 0 Å². The van der Waals surface area contributed by atoms with Crippen molar-refractivity contribution >= 4 is 5.91 Å². The fourth-order valence-electron chi connectivity index (χ4n) is 1.71. The zero-order chi connectivity index (χ0) is 7.78. The van der Waals surface area contributed by atoms with Crippen LogP contribution in [0.5, 0.6) is 0 Å². The quantitative estimate of drug-likeness (QED) is 0.587. The van der Waals surface area contributed by atoms with E-state index in [1.54, 1.807) is 0 Å². The standard InChI is InChI=1S/C8H15NO/c1-6-4-3-5-8(6,2)7(9)10/h6H,3-5H2,1-2H3,(H2,9,10)/t6-,8-/m1/s1. The molecule has 0 bridgehead atoms. The van der Waals surface area contributed by atoms with Crippen molar-refractivity contribution in [1.29, 1.82) is 0 Å². The predicted molar refractivity (Wildman–Crippen MR) is 40.3 cm³/mol. The zero-order valence-electron chi connectivity index (χ0n) is 6.68. The van der Waals surface area contributed by atoms with Gasteiger partial charge in [0.2, 0.25) is 5.91 Å². The van der Waals surface area contributed by atoms with Gasteiger partial charge in [-0.2, -0.15) is 0 Å². The Balaban J connectivity index is 2.75. The molecule has 0 spiro atoms. The van der Waals surface area contributed by atoms with E-state index >= 15 is 0 Å². The Bertz CT molecular complexity index is 155. The van der Waals surface area contributed by atoms with Gasteiger partial charge < -0.3 is 5.73 Å². The SMILES string of the molecule is C[C@@H]1CCC[C@@]1(C)C(N)=O. The van der Waals surface area contributed by atoms with Gasteiger partial charge in [0.25, 0.3) is 0 Å². The maximum absolute atomic E-state index is 11.0. The lowest BCUT2D eigenvalue weighted by molar-refractivity contribution is -0.128. The molecule has 0 aromatic carbocycles. The molecule has 58 valence electrons. The highest BCUT2D eigenvalue weighted by molar-refractivity contribution is 5.81. The molecule has 1 rings (SSSR count). The lowest BCUT2D eigenvalue weighted by Gasteiger charge is -2.24. The highest BCUT2D eigenvalue weighted by Crippen LogP contribution is 2.42. The first-order valence-corrected chi connectivity index (χ1v) is 3.87. The highest BCUT2D eigenvalue weighted by atomic mass is 16.1. The van der Waals surface area contributed by atoms with Crippen molar-refractivity contribution in [2.24, 2.45) is 17.1 Å². The Labute approximate surface area is 61.8 Å². The minimum absolute atomic E-state index is 0.127. The smallest absolute Gasteiger partial charge is 0.223 e. The third-order valence-corrected chi connectivity index (χ3v) is 2.98. The molecule has 1 saturated carbocycles. The molecule has 1 aliphatic rings. The van der Waals surface area contributed by atoms with E-state index in [2.05, 4.69) is 6.92 Å². The molecule has 0 aliphatic heterocycles. The molecule has 0 heterocycles. The van der Waals surface area contributed by atoms with Crippen LogP contribution in [0.2, 0.25) is 0 Å². The molecule has 2 atom stereocenters. The first-order valence-electron chi connectivity index (χ1n) is 3.87. The molecule has 2 heteroatoms. The van der Waals surface area contributed by atoms with Crippen molar-refractivity contribution in [3.05, 3.63) is 0 Å². The van der Waals surface area contributed by atoms with E-state index in [4.69, 9.17) is 5.73 Å². The van der Waals surface area contributed by atoms with Gasteiger partial charge in [0.05, 0.1) is 0 Å². The molecule has 2 nitrogen and oxygen atoms in total. The third-order valence-electron chi connectivity index (χ3n) is 2.98. The van der Waals surface area contributed by atoms with Crippen LogP contribution in [0.1, 0.15) is 33.1 Å². The van der Waals surface area contributed by atoms with E-state index in [9.17, 15) is 4.79 Å². The molecule has 10 heavy (non-hydrogen) atoms. The van der Waals surface area contributed by atoms with Crippen molar-refractivity contribution in [3.63, 3.8) is 0 Å². The predicted octanol–water partition coefficient (Wildman–Crippen LogP) is 1.30. The minimum Gasteiger partial charge on any atom is -0.369 e. The average Bonchev–Trinajstić information content (AvgIpc) is 2.15. The van der Waals surface area contributed by atoms with Gasteiger partial charge in [-0.05, 0) is 18.8 Å². The van der Waals surface area contributed by atoms with Gasteiger partial charge >= 0.3 is 0 Å². The summed E-state index contributed by atoms with van der Waals surface area (Å²) in [5.41, 5.74) is 5.08. The molecule has 0 aromatic rings. The van der Waals surface area contributed by atoms with Crippen LogP contribution in [0.25, 0.3) is 0 Å². The number of primary amides is 1. The van der Waals surface area contributed by atoms with Crippen molar-refractivity contribution in [1.82, 2.24) is 0 Å².